The molecule has 4 N–H and O–H groups in total. The number of nitrogen functional groups attached to an aromatic ring is 1. The Hall–Kier alpha value is -3.42. The van der Waals surface area contributed by atoms with Gasteiger partial charge in [-0.3, -0.25) is 10.1 Å². The lowest BCUT2D eigenvalue weighted by molar-refractivity contribution is -0.385. The minimum absolute atomic E-state index is 0.0719. The van der Waals surface area contributed by atoms with Gasteiger partial charge in [-0.25, -0.2) is 9.59 Å². The Morgan fingerprint density at radius 3 is 1.83 bits per heavy atom. The molecule has 0 fully saturated rings. The van der Waals surface area contributed by atoms with Gasteiger partial charge in [-0.15, -0.1) is 0 Å². The highest BCUT2D eigenvalue weighted by Gasteiger charge is 2.13. The van der Waals surface area contributed by atoms with E-state index in [0.717, 1.165) is 11.6 Å². The number of rotatable bonds is 3. The van der Waals surface area contributed by atoms with Crippen molar-refractivity contribution in [2.75, 3.05) is 5.73 Å². The number of nitrogens with two attached hydrogens (primary N) is 1. The maximum atomic E-state index is 10.5. The van der Waals surface area contributed by atoms with Crippen molar-refractivity contribution >= 4 is 23.3 Å². The molecule has 0 spiro atoms. The van der Waals surface area contributed by atoms with Crippen LogP contribution in [0.1, 0.15) is 31.8 Å². The average molecular weight is 332 g/mol. The third-order valence-electron chi connectivity index (χ3n) is 3.18. The number of aromatic carboxylic acids is 2. The number of nitro benzene ring substituents is 1. The van der Waals surface area contributed by atoms with Crippen molar-refractivity contribution in [3.8, 4) is 0 Å². The molecule has 2 aromatic carbocycles. The summed E-state index contributed by atoms with van der Waals surface area (Å²) in [6.45, 7) is 3.39. The lowest BCUT2D eigenvalue weighted by Gasteiger charge is -1.99. The standard InChI is InChI=1S/C8H7NO4.C8H9NO2/c1-5-2-3-6(8(10)11)4-7(5)9(12)13;1-5-2-3-6(8(10)11)4-7(5)9/h2-4H,1H3,(H,10,11);2-4H,9H2,1H3,(H,10,11). The fourth-order valence-electron chi connectivity index (χ4n) is 1.71. The molecule has 0 unspecified atom stereocenters. The molecule has 126 valence electrons. The van der Waals surface area contributed by atoms with Crippen LogP contribution in [0.15, 0.2) is 36.4 Å². The van der Waals surface area contributed by atoms with Gasteiger partial charge >= 0.3 is 11.9 Å². The first kappa shape index (κ1) is 18.6. The molecule has 0 saturated heterocycles. The van der Waals surface area contributed by atoms with Crippen LogP contribution >= 0.6 is 0 Å². The zero-order chi connectivity index (χ0) is 18.4. The smallest absolute Gasteiger partial charge is 0.335 e. The van der Waals surface area contributed by atoms with E-state index < -0.39 is 16.9 Å². The fraction of sp³-hybridized carbons (Fsp3) is 0.125. The first-order valence-electron chi connectivity index (χ1n) is 6.71. The maximum Gasteiger partial charge on any atom is 0.335 e. The predicted octanol–water partition coefficient (Wildman–Crippen LogP) is 2.88. The number of carboxylic acids is 2. The number of hydrogen-bond acceptors (Lipinski definition) is 5. The second kappa shape index (κ2) is 7.73. The van der Waals surface area contributed by atoms with Crippen molar-refractivity contribution in [1.82, 2.24) is 0 Å². The Labute approximate surface area is 137 Å². The summed E-state index contributed by atoms with van der Waals surface area (Å²) in [5.74, 6) is -2.11. The number of hydrogen-bond donors (Lipinski definition) is 3. The summed E-state index contributed by atoms with van der Waals surface area (Å²) in [5.41, 5.74) is 7.36. The first-order chi connectivity index (χ1) is 11.1. The molecular weight excluding hydrogens is 316 g/mol. The van der Waals surface area contributed by atoms with Gasteiger partial charge in [-0.1, -0.05) is 12.1 Å². The number of carbonyl (C=O) groups is 2. The molecule has 8 nitrogen and oxygen atoms in total. The Bertz CT molecular complexity index is 801. The van der Waals surface area contributed by atoms with Crippen LogP contribution < -0.4 is 5.73 Å². The third-order valence-corrected chi connectivity index (χ3v) is 3.18. The van der Waals surface area contributed by atoms with E-state index in [2.05, 4.69) is 0 Å². The lowest BCUT2D eigenvalue weighted by Crippen LogP contribution is -1.99. The van der Waals surface area contributed by atoms with Crippen molar-refractivity contribution < 1.29 is 24.7 Å². The molecule has 0 bridgehead atoms. The van der Waals surface area contributed by atoms with Crippen LogP contribution in [0.5, 0.6) is 0 Å². The van der Waals surface area contributed by atoms with E-state index in [1.807, 2.05) is 6.92 Å². The zero-order valence-electron chi connectivity index (χ0n) is 13.0. The van der Waals surface area contributed by atoms with Crippen LogP contribution in [0.3, 0.4) is 0 Å². The van der Waals surface area contributed by atoms with E-state index in [1.54, 1.807) is 13.0 Å². The molecule has 0 saturated carbocycles. The number of carboxylic acid groups (broad SMARTS) is 2. The molecule has 0 aromatic heterocycles. The topological polar surface area (TPSA) is 144 Å². The van der Waals surface area contributed by atoms with E-state index >= 15 is 0 Å². The van der Waals surface area contributed by atoms with Crippen molar-refractivity contribution in [2.45, 2.75) is 13.8 Å². The number of nitrogens with zero attached hydrogens (tertiary/aromatic N) is 1. The van der Waals surface area contributed by atoms with Gasteiger partial charge in [0.1, 0.15) is 0 Å². The van der Waals surface area contributed by atoms with Gasteiger partial charge in [0.15, 0.2) is 0 Å². The van der Waals surface area contributed by atoms with Crippen LogP contribution in [0.2, 0.25) is 0 Å². The van der Waals surface area contributed by atoms with Gasteiger partial charge in [0.2, 0.25) is 0 Å². The molecule has 0 radical (unpaired) electrons. The quantitative estimate of drug-likeness (QED) is 0.445. The number of nitro groups is 1. The Morgan fingerprint density at radius 1 is 0.958 bits per heavy atom. The molecule has 0 atom stereocenters. The minimum Gasteiger partial charge on any atom is -0.478 e. The third kappa shape index (κ3) is 4.80. The second-order valence-corrected chi connectivity index (χ2v) is 4.94. The van der Waals surface area contributed by atoms with Gasteiger partial charge in [0.25, 0.3) is 5.69 Å². The summed E-state index contributed by atoms with van der Waals surface area (Å²) in [5, 5.41) is 27.5. The largest absolute Gasteiger partial charge is 0.478 e. The Balaban J connectivity index is 0.000000243. The zero-order valence-corrected chi connectivity index (χ0v) is 13.0. The van der Waals surface area contributed by atoms with Gasteiger partial charge < -0.3 is 15.9 Å². The summed E-state index contributed by atoms with van der Waals surface area (Å²) >= 11 is 0. The highest BCUT2D eigenvalue weighted by atomic mass is 16.6. The maximum absolute atomic E-state index is 10.5. The normalized spacial score (nSPS) is 9.58. The summed E-state index contributed by atoms with van der Waals surface area (Å²) in [6, 6.07) is 8.49. The molecule has 0 aliphatic rings. The monoisotopic (exact) mass is 332 g/mol. The Morgan fingerprint density at radius 2 is 1.42 bits per heavy atom. The molecule has 8 heteroatoms. The summed E-state index contributed by atoms with van der Waals surface area (Å²) in [7, 11) is 0. The van der Waals surface area contributed by atoms with Crippen LogP contribution in [-0.2, 0) is 0 Å². The average Bonchev–Trinajstić information content (AvgIpc) is 2.50. The lowest BCUT2D eigenvalue weighted by atomic mass is 10.1. The van der Waals surface area contributed by atoms with Crippen LogP contribution in [0.4, 0.5) is 11.4 Å². The van der Waals surface area contributed by atoms with E-state index in [1.165, 1.54) is 24.3 Å². The van der Waals surface area contributed by atoms with Gasteiger partial charge in [-0.2, -0.15) is 0 Å². The van der Waals surface area contributed by atoms with E-state index in [9.17, 15) is 19.7 Å². The van der Waals surface area contributed by atoms with Gasteiger partial charge in [0, 0.05) is 17.3 Å². The van der Waals surface area contributed by atoms with Crippen molar-refractivity contribution in [1.29, 1.82) is 0 Å². The van der Waals surface area contributed by atoms with Crippen LogP contribution in [0.25, 0.3) is 0 Å². The molecule has 24 heavy (non-hydrogen) atoms. The van der Waals surface area contributed by atoms with E-state index in [4.69, 9.17) is 15.9 Å². The molecule has 0 aliphatic heterocycles. The number of aryl methyl sites for hydroxylation is 2. The summed E-state index contributed by atoms with van der Waals surface area (Å²) in [4.78, 5) is 30.7. The molecule has 0 amide bonds. The molecule has 2 aromatic rings. The van der Waals surface area contributed by atoms with Crippen molar-refractivity contribution in [3.63, 3.8) is 0 Å². The highest BCUT2D eigenvalue weighted by Crippen LogP contribution is 2.18. The fourth-order valence-corrected chi connectivity index (χ4v) is 1.71. The van der Waals surface area contributed by atoms with Crippen molar-refractivity contribution in [3.05, 3.63) is 68.8 Å². The minimum atomic E-state index is -1.16. The molecule has 0 aliphatic carbocycles. The van der Waals surface area contributed by atoms with Crippen molar-refractivity contribution in [2.24, 2.45) is 0 Å². The molecule has 0 heterocycles. The van der Waals surface area contributed by atoms with Crippen LogP contribution in [-0.4, -0.2) is 27.1 Å². The molecular formula is C16H16N2O6. The highest BCUT2D eigenvalue weighted by molar-refractivity contribution is 5.89. The van der Waals surface area contributed by atoms with Gasteiger partial charge in [0.05, 0.1) is 16.1 Å². The summed E-state index contributed by atoms with van der Waals surface area (Å²) in [6.07, 6.45) is 0. The second-order valence-electron chi connectivity index (χ2n) is 4.94. The SMILES string of the molecule is Cc1ccc(C(=O)O)cc1N.Cc1ccc(C(=O)O)cc1[N+](=O)[O-]. The Kier molecular flexibility index (Phi) is 6.00. The molecule has 2 rings (SSSR count). The number of anilines is 1. The van der Waals surface area contributed by atoms with E-state index in [-0.39, 0.29) is 16.8 Å². The predicted molar refractivity (Wildman–Crippen MR) is 87.3 cm³/mol. The van der Waals surface area contributed by atoms with Crippen LogP contribution in [0, 0.1) is 24.0 Å². The number of benzene rings is 2. The van der Waals surface area contributed by atoms with Gasteiger partial charge in [-0.05, 0) is 37.6 Å². The first-order valence-corrected chi connectivity index (χ1v) is 6.71. The van der Waals surface area contributed by atoms with E-state index in [0.29, 0.717) is 11.3 Å². The summed E-state index contributed by atoms with van der Waals surface area (Å²) < 4.78 is 0.